The molecule has 0 atom stereocenters. The maximum absolute atomic E-state index is 6.25. The van der Waals surface area contributed by atoms with Crippen LogP contribution in [0, 0.1) is 0 Å². The molecule has 0 bridgehead atoms. The molecule has 0 fully saturated rings. The van der Waals surface area contributed by atoms with Gasteiger partial charge in [-0.05, 0) is 29.3 Å². The molecule has 5 aromatic rings. The first kappa shape index (κ1) is 18.6. The lowest BCUT2D eigenvalue weighted by molar-refractivity contribution is 0.831. The van der Waals surface area contributed by atoms with E-state index < -0.39 is 0 Å². The highest BCUT2D eigenvalue weighted by Gasteiger charge is 2.18. The molecule has 0 radical (unpaired) electrons. The molecular weight excluding hydrogens is 394 g/mol. The van der Waals surface area contributed by atoms with Crippen molar-refractivity contribution in [1.29, 1.82) is 0 Å². The molecule has 0 spiro atoms. The quantitative estimate of drug-likeness (QED) is 0.399. The summed E-state index contributed by atoms with van der Waals surface area (Å²) in [5, 5.41) is 10.6. The van der Waals surface area contributed by atoms with Gasteiger partial charge in [0, 0.05) is 30.4 Å². The van der Waals surface area contributed by atoms with Crippen LogP contribution in [0.5, 0.6) is 0 Å². The van der Waals surface area contributed by atoms with Crippen molar-refractivity contribution in [3.05, 3.63) is 101 Å². The number of rotatable bonds is 5. The van der Waals surface area contributed by atoms with Gasteiger partial charge in [0.15, 0.2) is 5.65 Å². The van der Waals surface area contributed by atoms with Crippen LogP contribution in [0.2, 0.25) is 5.02 Å². The Labute approximate surface area is 179 Å². The zero-order valence-electron chi connectivity index (χ0n) is 16.5. The molecule has 3 aromatic carbocycles. The summed E-state index contributed by atoms with van der Waals surface area (Å²) in [5.41, 5.74) is 3.99. The molecular formula is C24H20ClN5. The minimum Gasteiger partial charge on any atom is -0.341 e. The number of hydrogen-bond acceptors (Lipinski definition) is 4. The lowest BCUT2D eigenvalue weighted by Crippen LogP contribution is -2.21. The van der Waals surface area contributed by atoms with Gasteiger partial charge in [-0.15, -0.1) is 10.2 Å². The monoisotopic (exact) mass is 413 g/mol. The Bertz CT molecular complexity index is 1320. The van der Waals surface area contributed by atoms with Crippen LogP contribution in [-0.4, -0.2) is 26.6 Å². The molecule has 0 N–H and O–H groups in total. The summed E-state index contributed by atoms with van der Waals surface area (Å²) in [6, 6.07) is 26.3. The second-order valence-electron chi connectivity index (χ2n) is 7.35. The molecule has 0 aliphatic heterocycles. The summed E-state index contributed by atoms with van der Waals surface area (Å²) in [4.78, 5) is 7.08. The Hall–Kier alpha value is -3.44. The van der Waals surface area contributed by atoms with E-state index in [4.69, 9.17) is 16.6 Å². The minimum atomic E-state index is 0.653. The fraction of sp³-hybridized carbons (Fsp3) is 0.125. The van der Waals surface area contributed by atoms with Crippen LogP contribution in [-0.2, 0) is 13.0 Å². The maximum Gasteiger partial charge on any atom is 0.213 e. The van der Waals surface area contributed by atoms with Crippen molar-refractivity contribution in [1.82, 2.24) is 19.6 Å². The van der Waals surface area contributed by atoms with E-state index >= 15 is 0 Å². The van der Waals surface area contributed by atoms with Crippen molar-refractivity contribution in [2.75, 3.05) is 11.9 Å². The fourth-order valence-corrected chi connectivity index (χ4v) is 3.89. The Balaban J connectivity index is 1.68. The molecule has 0 saturated heterocycles. The van der Waals surface area contributed by atoms with Crippen LogP contribution < -0.4 is 4.90 Å². The highest BCUT2D eigenvalue weighted by molar-refractivity contribution is 6.31. The topological polar surface area (TPSA) is 46.3 Å². The third-order valence-corrected chi connectivity index (χ3v) is 5.40. The molecule has 2 heterocycles. The van der Waals surface area contributed by atoms with E-state index in [0.29, 0.717) is 11.4 Å². The van der Waals surface area contributed by atoms with Crippen LogP contribution in [0.25, 0.3) is 16.6 Å². The molecule has 2 aromatic heterocycles. The molecule has 0 amide bonds. The number of anilines is 1. The molecule has 5 nitrogen and oxygen atoms in total. The zero-order valence-corrected chi connectivity index (χ0v) is 17.3. The van der Waals surface area contributed by atoms with Crippen LogP contribution in [0.15, 0.2) is 78.9 Å². The van der Waals surface area contributed by atoms with Crippen molar-refractivity contribution < 1.29 is 0 Å². The highest BCUT2D eigenvalue weighted by atomic mass is 35.5. The number of hydrogen-bond donors (Lipinski definition) is 0. The Morgan fingerprint density at radius 3 is 2.30 bits per heavy atom. The van der Waals surface area contributed by atoms with E-state index in [1.807, 2.05) is 61.6 Å². The summed E-state index contributed by atoms with van der Waals surface area (Å²) in [5.74, 6) is 1.65. The first-order valence-corrected chi connectivity index (χ1v) is 10.2. The maximum atomic E-state index is 6.25. The van der Waals surface area contributed by atoms with E-state index in [1.165, 1.54) is 11.1 Å². The van der Waals surface area contributed by atoms with E-state index in [0.717, 1.165) is 34.9 Å². The van der Waals surface area contributed by atoms with Gasteiger partial charge in [0.2, 0.25) is 5.95 Å². The number of halogens is 1. The molecule has 0 aliphatic rings. The van der Waals surface area contributed by atoms with E-state index in [2.05, 4.69) is 43.8 Å². The van der Waals surface area contributed by atoms with Crippen LogP contribution in [0.4, 0.5) is 5.95 Å². The van der Waals surface area contributed by atoms with Gasteiger partial charge in [0.05, 0.1) is 5.52 Å². The number of benzene rings is 3. The minimum absolute atomic E-state index is 0.653. The molecule has 0 unspecified atom stereocenters. The standard InChI is InChI=1S/C24H20ClN5/c1-29(16-18-10-6-3-7-11-18)24-26-21-15-19(25)12-13-20(21)23-28-27-22(30(23)24)14-17-8-4-2-5-9-17/h2-13,15H,14,16H2,1H3. The largest absolute Gasteiger partial charge is 0.341 e. The lowest BCUT2D eigenvalue weighted by Gasteiger charge is -2.21. The van der Waals surface area contributed by atoms with Crippen LogP contribution in [0.3, 0.4) is 0 Å². The first-order valence-electron chi connectivity index (χ1n) is 9.81. The second-order valence-corrected chi connectivity index (χ2v) is 7.79. The summed E-state index contributed by atoms with van der Waals surface area (Å²) >= 11 is 6.25. The molecule has 148 valence electrons. The highest BCUT2D eigenvalue weighted by Crippen LogP contribution is 2.27. The van der Waals surface area contributed by atoms with Gasteiger partial charge >= 0.3 is 0 Å². The Kier molecular flexibility index (Phi) is 4.81. The predicted molar refractivity (Wildman–Crippen MR) is 121 cm³/mol. The normalized spacial score (nSPS) is 11.3. The van der Waals surface area contributed by atoms with Gasteiger partial charge in [0.1, 0.15) is 5.82 Å². The number of aromatic nitrogens is 4. The third-order valence-electron chi connectivity index (χ3n) is 5.16. The zero-order chi connectivity index (χ0) is 20.5. The summed E-state index contributed by atoms with van der Waals surface area (Å²) in [6.07, 6.45) is 0.676. The number of fused-ring (bicyclic) bond motifs is 3. The van der Waals surface area contributed by atoms with Gasteiger partial charge in [-0.25, -0.2) is 9.38 Å². The molecule has 0 aliphatic carbocycles. The SMILES string of the molecule is CN(Cc1ccccc1)c1nc2cc(Cl)ccc2c2nnc(Cc3ccccc3)n12. The number of nitrogens with zero attached hydrogens (tertiary/aromatic N) is 5. The van der Waals surface area contributed by atoms with Gasteiger partial charge in [-0.3, -0.25) is 0 Å². The predicted octanol–water partition coefficient (Wildman–Crippen LogP) is 5.16. The third kappa shape index (κ3) is 3.48. The van der Waals surface area contributed by atoms with E-state index in [1.54, 1.807) is 0 Å². The molecule has 30 heavy (non-hydrogen) atoms. The molecule has 6 heteroatoms. The van der Waals surface area contributed by atoms with Crippen LogP contribution >= 0.6 is 11.6 Å². The van der Waals surface area contributed by atoms with E-state index in [-0.39, 0.29) is 0 Å². The Morgan fingerprint density at radius 1 is 0.867 bits per heavy atom. The fourth-order valence-electron chi connectivity index (χ4n) is 3.72. The second kappa shape index (κ2) is 7.76. The Morgan fingerprint density at radius 2 is 1.57 bits per heavy atom. The van der Waals surface area contributed by atoms with Crippen molar-refractivity contribution in [2.24, 2.45) is 0 Å². The average Bonchev–Trinajstić information content (AvgIpc) is 3.18. The molecule has 5 rings (SSSR count). The van der Waals surface area contributed by atoms with Crippen molar-refractivity contribution >= 4 is 34.1 Å². The van der Waals surface area contributed by atoms with Gasteiger partial charge in [0.25, 0.3) is 0 Å². The molecule has 0 saturated carbocycles. The van der Waals surface area contributed by atoms with Gasteiger partial charge in [-0.1, -0.05) is 72.3 Å². The van der Waals surface area contributed by atoms with Crippen molar-refractivity contribution in [2.45, 2.75) is 13.0 Å². The van der Waals surface area contributed by atoms with E-state index in [9.17, 15) is 0 Å². The lowest BCUT2D eigenvalue weighted by atomic mass is 10.1. The summed E-state index contributed by atoms with van der Waals surface area (Å²) < 4.78 is 2.06. The summed E-state index contributed by atoms with van der Waals surface area (Å²) in [7, 11) is 2.04. The van der Waals surface area contributed by atoms with Gasteiger partial charge in [-0.2, -0.15) is 0 Å². The van der Waals surface area contributed by atoms with Crippen LogP contribution in [0.1, 0.15) is 17.0 Å². The first-order chi connectivity index (χ1) is 14.7. The average molecular weight is 414 g/mol. The van der Waals surface area contributed by atoms with Gasteiger partial charge < -0.3 is 4.90 Å². The van der Waals surface area contributed by atoms with Crippen molar-refractivity contribution in [3.8, 4) is 0 Å². The van der Waals surface area contributed by atoms with Crippen molar-refractivity contribution in [3.63, 3.8) is 0 Å². The smallest absolute Gasteiger partial charge is 0.213 e. The summed E-state index contributed by atoms with van der Waals surface area (Å²) in [6.45, 7) is 0.720.